The highest BCUT2D eigenvalue weighted by Gasteiger charge is 2.14. The summed E-state index contributed by atoms with van der Waals surface area (Å²) in [5.41, 5.74) is 0.355. The molecule has 0 saturated heterocycles. The largest absolute Gasteiger partial charge is 0.422 e. The molecule has 0 aliphatic carbocycles. The zero-order valence-corrected chi connectivity index (χ0v) is 12.5. The smallest absolute Gasteiger partial charge is 0.349 e. The van der Waals surface area contributed by atoms with Crippen molar-refractivity contribution in [2.24, 2.45) is 0 Å². The molecule has 114 valence electrons. The summed E-state index contributed by atoms with van der Waals surface area (Å²) >= 11 is 5.35. The van der Waals surface area contributed by atoms with Crippen LogP contribution in [-0.4, -0.2) is 11.1 Å². The van der Waals surface area contributed by atoms with Crippen molar-refractivity contribution in [3.05, 3.63) is 76.1 Å². The Morgan fingerprint density at radius 2 is 1.70 bits per heavy atom. The van der Waals surface area contributed by atoms with Gasteiger partial charge in [0.1, 0.15) is 11.1 Å². The molecule has 3 rings (SSSR count). The van der Waals surface area contributed by atoms with E-state index in [9.17, 15) is 14.4 Å². The molecular formula is C17H10ClNO4. The van der Waals surface area contributed by atoms with Gasteiger partial charge in [0.2, 0.25) is 0 Å². The van der Waals surface area contributed by atoms with Crippen molar-refractivity contribution < 1.29 is 14.0 Å². The predicted octanol–water partition coefficient (Wildman–Crippen LogP) is 3.42. The number of amides is 1. The van der Waals surface area contributed by atoms with Gasteiger partial charge in [-0.05, 0) is 48.0 Å². The standard InChI is InChI=1S/C17H10ClNO4/c18-15(20)10-5-7-12(8-6-10)19-16(21)13-9-11-3-1-2-4-14(11)23-17(13)22/h1-9H,(H,19,21). The maximum absolute atomic E-state index is 12.2. The number of anilines is 1. The zero-order chi connectivity index (χ0) is 16.4. The second-order valence-electron chi connectivity index (χ2n) is 4.79. The molecule has 23 heavy (non-hydrogen) atoms. The first-order chi connectivity index (χ1) is 11.0. The van der Waals surface area contributed by atoms with Crippen LogP contribution in [0.15, 0.2) is 63.8 Å². The van der Waals surface area contributed by atoms with Gasteiger partial charge in [0.25, 0.3) is 11.1 Å². The molecular weight excluding hydrogens is 318 g/mol. The number of carbonyl (C=O) groups excluding carboxylic acids is 2. The van der Waals surface area contributed by atoms with Crippen LogP contribution in [0.5, 0.6) is 0 Å². The summed E-state index contributed by atoms with van der Waals surface area (Å²) in [5, 5.41) is 2.64. The number of halogens is 1. The van der Waals surface area contributed by atoms with Gasteiger partial charge in [-0.1, -0.05) is 18.2 Å². The van der Waals surface area contributed by atoms with Crippen LogP contribution < -0.4 is 10.9 Å². The lowest BCUT2D eigenvalue weighted by Crippen LogP contribution is -2.20. The number of nitrogens with one attached hydrogen (secondary N) is 1. The molecule has 1 heterocycles. The van der Waals surface area contributed by atoms with E-state index in [1.807, 2.05) is 0 Å². The molecule has 1 aromatic heterocycles. The molecule has 0 atom stereocenters. The highest BCUT2D eigenvalue weighted by Crippen LogP contribution is 2.15. The molecule has 0 bridgehead atoms. The highest BCUT2D eigenvalue weighted by molar-refractivity contribution is 6.67. The maximum atomic E-state index is 12.2. The minimum absolute atomic E-state index is 0.0961. The lowest BCUT2D eigenvalue weighted by Gasteiger charge is -2.05. The second-order valence-corrected chi connectivity index (χ2v) is 5.13. The first kappa shape index (κ1) is 15.0. The van der Waals surface area contributed by atoms with Crippen molar-refractivity contribution >= 4 is 39.4 Å². The summed E-state index contributed by atoms with van der Waals surface area (Å²) in [7, 11) is 0. The lowest BCUT2D eigenvalue weighted by molar-refractivity contribution is 0.102. The van der Waals surface area contributed by atoms with Crippen molar-refractivity contribution in [1.29, 1.82) is 0 Å². The van der Waals surface area contributed by atoms with Crippen LogP contribution in [-0.2, 0) is 0 Å². The fourth-order valence-corrected chi connectivity index (χ4v) is 2.23. The van der Waals surface area contributed by atoms with Gasteiger partial charge in [0.15, 0.2) is 0 Å². The number of rotatable bonds is 3. The second kappa shape index (κ2) is 6.06. The summed E-state index contributed by atoms with van der Waals surface area (Å²) in [4.78, 5) is 35.1. The molecule has 0 radical (unpaired) electrons. The van der Waals surface area contributed by atoms with E-state index in [2.05, 4.69) is 5.32 Å². The van der Waals surface area contributed by atoms with E-state index >= 15 is 0 Å². The fraction of sp³-hybridized carbons (Fsp3) is 0. The van der Waals surface area contributed by atoms with Gasteiger partial charge < -0.3 is 9.73 Å². The molecule has 6 heteroatoms. The molecule has 5 nitrogen and oxygen atoms in total. The van der Waals surface area contributed by atoms with E-state index in [0.29, 0.717) is 22.2 Å². The quantitative estimate of drug-likeness (QED) is 0.590. The van der Waals surface area contributed by atoms with Gasteiger partial charge in [-0.2, -0.15) is 0 Å². The summed E-state index contributed by atoms with van der Waals surface area (Å²) in [5.74, 6) is -0.588. The van der Waals surface area contributed by atoms with E-state index in [4.69, 9.17) is 16.0 Å². The van der Waals surface area contributed by atoms with Crippen molar-refractivity contribution in [2.75, 3.05) is 5.32 Å². The fourth-order valence-electron chi connectivity index (χ4n) is 2.10. The minimum atomic E-state index is -0.714. The monoisotopic (exact) mass is 327 g/mol. The van der Waals surface area contributed by atoms with Crippen molar-refractivity contribution in [1.82, 2.24) is 0 Å². The Balaban J connectivity index is 1.89. The summed E-state index contributed by atoms with van der Waals surface area (Å²) < 4.78 is 5.12. The first-order valence-corrected chi connectivity index (χ1v) is 7.06. The van der Waals surface area contributed by atoms with Gasteiger partial charge in [-0.25, -0.2) is 4.79 Å². The Hall–Kier alpha value is -2.92. The third-order valence-electron chi connectivity index (χ3n) is 3.26. The lowest BCUT2D eigenvalue weighted by atomic mass is 10.1. The number of fused-ring (bicyclic) bond motifs is 1. The molecule has 0 aliphatic heterocycles. The molecule has 0 saturated carbocycles. The van der Waals surface area contributed by atoms with Crippen LogP contribution in [0.2, 0.25) is 0 Å². The summed E-state index contributed by atoms with van der Waals surface area (Å²) in [6.45, 7) is 0. The maximum Gasteiger partial charge on any atom is 0.349 e. The van der Waals surface area contributed by atoms with Crippen LogP contribution in [0, 0.1) is 0 Å². The van der Waals surface area contributed by atoms with E-state index in [0.717, 1.165) is 0 Å². The van der Waals surface area contributed by atoms with Crippen molar-refractivity contribution in [3.8, 4) is 0 Å². The molecule has 0 unspecified atom stereocenters. The van der Waals surface area contributed by atoms with Gasteiger partial charge in [0.05, 0.1) is 0 Å². The van der Waals surface area contributed by atoms with Gasteiger partial charge >= 0.3 is 5.63 Å². The van der Waals surface area contributed by atoms with Gasteiger partial charge in [-0.3, -0.25) is 9.59 Å². The third-order valence-corrected chi connectivity index (χ3v) is 3.47. The van der Waals surface area contributed by atoms with Gasteiger partial charge in [-0.15, -0.1) is 0 Å². The Kier molecular flexibility index (Phi) is 3.95. The highest BCUT2D eigenvalue weighted by atomic mass is 35.5. The topological polar surface area (TPSA) is 76.4 Å². The minimum Gasteiger partial charge on any atom is -0.422 e. The third kappa shape index (κ3) is 3.14. The molecule has 0 aliphatic rings. The van der Waals surface area contributed by atoms with E-state index in [1.54, 1.807) is 24.3 Å². The van der Waals surface area contributed by atoms with E-state index < -0.39 is 16.8 Å². The van der Waals surface area contributed by atoms with Crippen molar-refractivity contribution in [2.45, 2.75) is 0 Å². The normalized spacial score (nSPS) is 10.5. The van der Waals surface area contributed by atoms with Crippen LogP contribution >= 0.6 is 11.6 Å². The SMILES string of the molecule is O=C(Cl)c1ccc(NC(=O)c2cc3ccccc3oc2=O)cc1. The van der Waals surface area contributed by atoms with Crippen LogP contribution in [0.25, 0.3) is 11.0 Å². The molecule has 0 fully saturated rings. The predicted molar refractivity (Wildman–Crippen MR) is 87.1 cm³/mol. The number of hydrogen-bond acceptors (Lipinski definition) is 4. The van der Waals surface area contributed by atoms with Crippen LogP contribution in [0.3, 0.4) is 0 Å². The zero-order valence-electron chi connectivity index (χ0n) is 11.7. The molecule has 1 N–H and O–H groups in total. The Bertz CT molecular complexity index is 960. The van der Waals surface area contributed by atoms with E-state index in [1.165, 1.54) is 30.3 Å². The first-order valence-electron chi connectivity index (χ1n) is 6.69. The molecule has 1 amide bonds. The average molecular weight is 328 g/mol. The van der Waals surface area contributed by atoms with Gasteiger partial charge in [0, 0.05) is 16.6 Å². The van der Waals surface area contributed by atoms with Crippen LogP contribution in [0.4, 0.5) is 5.69 Å². The van der Waals surface area contributed by atoms with E-state index in [-0.39, 0.29) is 5.56 Å². The van der Waals surface area contributed by atoms with Crippen molar-refractivity contribution in [3.63, 3.8) is 0 Å². The number of carbonyl (C=O) groups is 2. The molecule has 3 aromatic rings. The summed E-state index contributed by atoms with van der Waals surface area (Å²) in [6, 6.07) is 14.4. The van der Waals surface area contributed by atoms with Crippen LogP contribution in [0.1, 0.15) is 20.7 Å². The molecule has 2 aromatic carbocycles. The molecule has 0 spiro atoms. The number of benzene rings is 2. The average Bonchev–Trinajstić information content (AvgIpc) is 2.54. The Labute approximate surface area is 135 Å². The number of hydrogen-bond donors (Lipinski definition) is 1. The summed E-state index contributed by atoms with van der Waals surface area (Å²) in [6.07, 6.45) is 0. The number of para-hydroxylation sites is 1. The Morgan fingerprint density at radius 3 is 2.39 bits per heavy atom. The Morgan fingerprint density at radius 1 is 1.00 bits per heavy atom.